The van der Waals surface area contributed by atoms with Gasteiger partial charge in [0.2, 0.25) is 17.6 Å². The Bertz CT molecular complexity index is 1630. The van der Waals surface area contributed by atoms with E-state index in [0.717, 1.165) is 55.5 Å². The minimum absolute atomic E-state index is 0.0726. The third-order valence-electron chi connectivity index (χ3n) is 9.72. The zero-order valence-corrected chi connectivity index (χ0v) is 27.3. The monoisotopic (exact) mass is 631 g/mol. The first-order valence-corrected chi connectivity index (χ1v) is 16.5. The molecule has 3 aromatic heterocycles. The fraction of sp³-hybridized carbons (Fsp3) is 0.562. The zero-order chi connectivity index (χ0) is 31.9. The second-order valence-electron chi connectivity index (χ2n) is 12.6. The van der Waals surface area contributed by atoms with Crippen LogP contribution in [0.25, 0.3) is 11.5 Å². The van der Waals surface area contributed by atoms with Gasteiger partial charge in [0.15, 0.2) is 0 Å². The Morgan fingerprint density at radius 3 is 2.82 bits per heavy atom. The van der Waals surface area contributed by atoms with Crippen LogP contribution in [0.5, 0.6) is 6.01 Å². The fourth-order valence-corrected chi connectivity index (χ4v) is 8.30. The number of likely N-dealkylation sites (tertiary alicyclic amines) is 1. The summed E-state index contributed by atoms with van der Waals surface area (Å²) < 4.78 is 12.4. The summed E-state index contributed by atoms with van der Waals surface area (Å²) in [4.78, 5) is 34.4. The first-order chi connectivity index (χ1) is 21.6. The number of amides is 1. The number of hydrogen-bond acceptors (Lipinski definition) is 12. The van der Waals surface area contributed by atoms with Crippen LogP contribution in [0, 0.1) is 11.3 Å². The Morgan fingerprint density at radius 1 is 1.27 bits per heavy atom. The lowest BCUT2D eigenvalue weighted by Crippen LogP contribution is -2.39. The lowest BCUT2D eigenvalue weighted by Gasteiger charge is -2.30. The van der Waals surface area contributed by atoms with E-state index >= 15 is 0 Å². The number of aromatic nitrogens is 4. The van der Waals surface area contributed by atoms with E-state index in [-0.39, 0.29) is 30.1 Å². The third-order valence-corrected chi connectivity index (χ3v) is 10.8. The molecule has 2 aliphatic heterocycles. The maximum atomic E-state index is 12.4. The number of nitrogens with zero attached hydrogens (tertiary/aromatic N) is 8. The predicted octanol–water partition coefficient (Wildman–Crippen LogP) is 4.16. The van der Waals surface area contributed by atoms with E-state index < -0.39 is 5.41 Å². The van der Waals surface area contributed by atoms with Gasteiger partial charge in [0, 0.05) is 48.2 Å². The van der Waals surface area contributed by atoms with Crippen LogP contribution in [-0.2, 0) is 16.6 Å². The van der Waals surface area contributed by atoms with E-state index in [2.05, 4.69) is 48.5 Å². The van der Waals surface area contributed by atoms with E-state index in [1.807, 2.05) is 17.9 Å². The van der Waals surface area contributed by atoms with Crippen molar-refractivity contribution in [1.82, 2.24) is 29.9 Å². The summed E-state index contributed by atoms with van der Waals surface area (Å²) in [5, 5.41) is 14.8. The first kappa shape index (κ1) is 31.0. The number of thiophene rings is 1. The average molecular weight is 632 g/mol. The molecule has 2 N–H and O–H groups in total. The molecule has 0 spiro atoms. The van der Waals surface area contributed by atoms with Crippen molar-refractivity contribution in [2.24, 2.45) is 0 Å². The number of nitriles is 1. The van der Waals surface area contributed by atoms with Gasteiger partial charge in [0.1, 0.15) is 28.7 Å². The second-order valence-corrected chi connectivity index (χ2v) is 13.8. The Labute approximate surface area is 267 Å². The van der Waals surface area contributed by atoms with Crippen LogP contribution in [0.2, 0.25) is 0 Å². The topological polar surface area (TPSA) is 151 Å². The zero-order valence-electron chi connectivity index (χ0n) is 26.5. The van der Waals surface area contributed by atoms with Crippen molar-refractivity contribution < 1.29 is 14.1 Å². The lowest BCUT2D eigenvalue weighted by atomic mass is 9.72. The quantitative estimate of drug-likeness (QED) is 0.375. The van der Waals surface area contributed by atoms with Crippen LogP contribution in [0.1, 0.15) is 74.8 Å². The van der Waals surface area contributed by atoms with E-state index in [9.17, 15) is 10.1 Å². The van der Waals surface area contributed by atoms with Gasteiger partial charge in [-0.3, -0.25) is 9.69 Å². The van der Waals surface area contributed by atoms with Crippen LogP contribution in [0.4, 0.5) is 10.8 Å². The van der Waals surface area contributed by atoms with Crippen LogP contribution < -0.4 is 15.4 Å². The summed E-state index contributed by atoms with van der Waals surface area (Å²) >= 11 is 1.47. The molecule has 1 aliphatic carbocycles. The number of carbonyl (C=O) groups is 1. The molecule has 4 atom stereocenters. The molecule has 3 aromatic rings. The summed E-state index contributed by atoms with van der Waals surface area (Å²) in [6.07, 6.45) is 6.74. The molecule has 238 valence electrons. The number of hydrogen-bond donors (Lipinski definition) is 1. The van der Waals surface area contributed by atoms with Crippen molar-refractivity contribution >= 4 is 28.1 Å². The number of aryl methyl sites for hydroxylation is 1. The number of fused-ring (bicyclic) bond motifs is 1. The highest BCUT2D eigenvalue weighted by molar-refractivity contribution is 7.16. The molecule has 2 fully saturated rings. The molecular weight excluding hydrogens is 590 g/mol. The predicted molar refractivity (Wildman–Crippen MR) is 172 cm³/mol. The molecule has 3 aliphatic rings. The van der Waals surface area contributed by atoms with Crippen LogP contribution in [0.3, 0.4) is 0 Å². The maximum Gasteiger partial charge on any atom is 0.319 e. The molecule has 1 amide bonds. The standard InChI is InChI=1S/C32H41N9O3S/c1-6-26(42)40-14-11-19(2)41(16-15-40)25-17-22(35-31(36-25)43-20(3)23-9-8-13-39(23)5)29-37-30(44-38-29)32(4)12-7-10-24-27(32)21(18-33)28(34)45-24/h6,17,19-20,23H,1,7-16,34H2,2-5H3/t19-,20-,23-,32-/m0/s1. The largest absolute Gasteiger partial charge is 0.459 e. The number of carbonyl (C=O) groups excluding carboxylic acids is 1. The first-order valence-electron chi connectivity index (χ1n) is 15.7. The maximum absolute atomic E-state index is 12.4. The van der Waals surface area contributed by atoms with Crippen LogP contribution >= 0.6 is 11.3 Å². The third kappa shape index (κ3) is 5.77. The van der Waals surface area contributed by atoms with E-state index in [1.165, 1.54) is 17.4 Å². The summed E-state index contributed by atoms with van der Waals surface area (Å²) in [5.74, 6) is 1.36. The van der Waals surface area contributed by atoms with Gasteiger partial charge in [-0.05, 0) is 79.0 Å². The molecule has 0 saturated carbocycles. The molecule has 0 unspecified atom stereocenters. The van der Waals surface area contributed by atoms with Crippen LogP contribution in [-0.4, -0.2) is 87.2 Å². The smallest absolute Gasteiger partial charge is 0.319 e. The normalized spacial score (nSPS) is 24.5. The summed E-state index contributed by atoms with van der Waals surface area (Å²) in [6.45, 7) is 12.7. The molecule has 13 heteroatoms. The van der Waals surface area contributed by atoms with Gasteiger partial charge < -0.3 is 24.8 Å². The molecule has 0 aromatic carbocycles. The van der Waals surface area contributed by atoms with E-state index in [1.54, 1.807) is 0 Å². The fourth-order valence-electron chi connectivity index (χ4n) is 7.11. The lowest BCUT2D eigenvalue weighted by molar-refractivity contribution is -0.125. The summed E-state index contributed by atoms with van der Waals surface area (Å²) in [5.41, 5.74) is 7.48. The van der Waals surface area contributed by atoms with Crippen molar-refractivity contribution in [2.45, 2.75) is 82.9 Å². The summed E-state index contributed by atoms with van der Waals surface area (Å²) in [6, 6.07) is 4.80. The minimum atomic E-state index is -0.644. The Balaban J connectivity index is 1.37. The highest BCUT2D eigenvalue weighted by Gasteiger charge is 2.43. The van der Waals surface area contributed by atoms with Crippen molar-refractivity contribution in [3.05, 3.63) is 40.6 Å². The van der Waals surface area contributed by atoms with Crippen molar-refractivity contribution in [3.8, 4) is 23.6 Å². The van der Waals surface area contributed by atoms with Gasteiger partial charge in [-0.1, -0.05) is 11.7 Å². The van der Waals surface area contributed by atoms with Crippen molar-refractivity contribution in [2.75, 3.05) is 43.9 Å². The Hall–Kier alpha value is -4.02. The number of nitrogens with two attached hydrogens (primary N) is 1. The van der Waals surface area contributed by atoms with Gasteiger partial charge in [-0.25, -0.2) is 0 Å². The number of likely N-dealkylation sites (N-methyl/N-ethyl adjacent to an activating group) is 1. The SMILES string of the molecule is C=CC(=O)N1CC[C@H](C)N(c2cc(-c3noc([C@@]4(C)CCCc5sc(N)c(C#N)c54)n3)nc(O[C@@H](C)[C@@H]3CCCN3C)n2)CC1. The van der Waals surface area contributed by atoms with Gasteiger partial charge >= 0.3 is 6.01 Å². The average Bonchev–Trinajstić information content (AvgIpc) is 3.74. The van der Waals surface area contributed by atoms with Crippen molar-refractivity contribution in [3.63, 3.8) is 0 Å². The second kappa shape index (κ2) is 12.4. The number of ether oxygens (including phenoxy) is 1. The Morgan fingerprint density at radius 2 is 2.09 bits per heavy atom. The Kier molecular flexibility index (Phi) is 8.54. The molecule has 45 heavy (non-hydrogen) atoms. The highest BCUT2D eigenvalue weighted by atomic mass is 32.1. The van der Waals surface area contributed by atoms with Crippen molar-refractivity contribution in [1.29, 1.82) is 5.26 Å². The minimum Gasteiger partial charge on any atom is -0.459 e. The summed E-state index contributed by atoms with van der Waals surface area (Å²) in [7, 11) is 2.12. The van der Waals surface area contributed by atoms with Gasteiger partial charge in [0.25, 0.3) is 0 Å². The molecular formula is C32H41N9O3S. The van der Waals surface area contributed by atoms with Crippen LogP contribution in [0.15, 0.2) is 23.2 Å². The number of anilines is 2. The van der Waals surface area contributed by atoms with Gasteiger partial charge in [0.05, 0.1) is 11.0 Å². The molecule has 0 radical (unpaired) electrons. The molecule has 0 bridgehead atoms. The number of rotatable bonds is 7. The van der Waals surface area contributed by atoms with E-state index in [4.69, 9.17) is 29.9 Å². The molecule has 12 nitrogen and oxygen atoms in total. The molecule has 6 rings (SSSR count). The molecule has 5 heterocycles. The van der Waals surface area contributed by atoms with Gasteiger partial charge in [-0.15, -0.1) is 11.3 Å². The van der Waals surface area contributed by atoms with E-state index in [0.29, 0.717) is 53.4 Å². The number of nitrogen functional groups attached to an aromatic ring is 1. The highest BCUT2D eigenvalue weighted by Crippen LogP contribution is 2.48. The molecule has 2 saturated heterocycles. The van der Waals surface area contributed by atoms with Gasteiger partial charge in [-0.2, -0.15) is 20.2 Å².